The van der Waals surface area contributed by atoms with E-state index >= 15 is 0 Å². The summed E-state index contributed by atoms with van der Waals surface area (Å²) in [6, 6.07) is 4.84. The number of anilines is 1. The van der Waals surface area contributed by atoms with Gasteiger partial charge in [-0.2, -0.15) is 4.98 Å². The van der Waals surface area contributed by atoms with Gasteiger partial charge in [0, 0.05) is 12.6 Å². The third-order valence-corrected chi connectivity index (χ3v) is 1.99. The van der Waals surface area contributed by atoms with Crippen molar-refractivity contribution < 1.29 is 9.34 Å². The molecular formula is C10H9N3O3. The van der Waals surface area contributed by atoms with Crippen molar-refractivity contribution in [2.75, 3.05) is 11.9 Å². The Kier molecular flexibility index (Phi) is 2.55. The highest BCUT2D eigenvalue weighted by Gasteiger charge is 2.16. The zero-order chi connectivity index (χ0) is 11.5. The van der Waals surface area contributed by atoms with Gasteiger partial charge in [-0.05, 0) is 6.07 Å². The summed E-state index contributed by atoms with van der Waals surface area (Å²) in [5.74, 6) is 0. The monoisotopic (exact) mass is 219 g/mol. The summed E-state index contributed by atoms with van der Waals surface area (Å²) in [4.78, 5) is 14.2. The zero-order valence-corrected chi connectivity index (χ0v) is 8.34. The molecule has 1 heterocycles. The third-order valence-electron chi connectivity index (χ3n) is 1.99. The van der Waals surface area contributed by atoms with Crippen LogP contribution in [0.2, 0.25) is 0 Å². The van der Waals surface area contributed by atoms with Crippen LogP contribution in [-0.4, -0.2) is 16.5 Å². The lowest BCUT2D eigenvalue weighted by molar-refractivity contribution is -0.383. The van der Waals surface area contributed by atoms with Gasteiger partial charge in [-0.1, -0.05) is 12.1 Å². The number of nitrogens with zero attached hydrogens (tertiary/aromatic N) is 2. The highest BCUT2D eigenvalue weighted by molar-refractivity contribution is 5.83. The first-order valence-corrected chi connectivity index (χ1v) is 4.61. The van der Waals surface area contributed by atoms with Gasteiger partial charge in [0.25, 0.3) is 11.7 Å². The van der Waals surface area contributed by atoms with E-state index in [1.165, 1.54) is 6.07 Å². The van der Waals surface area contributed by atoms with Crippen LogP contribution in [0.3, 0.4) is 0 Å². The molecule has 0 saturated heterocycles. The minimum Gasteiger partial charge on any atom is -0.423 e. The fourth-order valence-electron chi connectivity index (χ4n) is 1.32. The molecule has 6 heteroatoms. The van der Waals surface area contributed by atoms with Crippen LogP contribution in [0.25, 0.3) is 11.1 Å². The Morgan fingerprint density at radius 3 is 3.12 bits per heavy atom. The Balaban J connectivity index is 2.48. The van der Waals surface area contributed by atoms with Gasteiger partial charge in [0.15, 0.2) is 11.1 Å². The SMILES string of the molecule is C=CCNc1nc2c([N+](=O)[O-])cccc2o1. The molecule has 6 nitrogen and oxygen atoms in total. The van der Waals surface area contributed by atoms with E-state index in [4.69, 9.17) is 4.42 Å². The minimum absolute atomic E-state index is 0.0621. The Bertz CT molecular complexity index is 547. The lowest BCUT2D eigenvalue weighted by atomic mass is 10.3. The molecule has 1 aromatic heterocycles. The number of fused-ring (bicyclic) bond motifs is 1. The number of nitro benzene ring substituents is 1. The Morgan fingerprint density at radius 1 is 1.62 bits per heavy atom. The van der Waals surface area contributed by atoms with Crippen LogP contribution < -0.4 is 5.32 Å². The van der Waals surface area contributed by atoms with E-state index in [1.54, 1.807) is 18.2 Å². The normalized spacial score (nSPS) is 10.2. The molecule has 0 spiro atoms. The van der Waals surface area contributed by atoms with Crippen LogP contribution in [0.15, 0.2) is 35.3 Å². The van der Waals surface area contributed by atoms with E-state index < -0.39 is 4.92 Å². The molecule has 0 radical (unpaired) electrons. The van der Waals surface area contributed by atoms with E-state index in [-0.39, 0.29) is 17.2 Å². The minimum atomic E-state index is -0.484. The van der Waals surface area contributed by atoms with E-state index in [2.05, 4.69) is 16.9 Å². The number of nitrogens with one attached hydrogen (secondary N) is 1. The molecule has 1 N–H and O–H groups in total. The fourth-order valence-corrected chi connectivity index (χ4v) is 1.32. The average molecular weight is 219 g/mol. The molecule has 0 aliphatic heterocycles. The number of benzene rings is 1. The van der Waals surface area contributed by atoms with Gasteiger partial charge in [-0.25, -0.2) is 0 Å². The summed E-state index contributed by atoms with van der Waals surface area (Å²) in [7, 11) is 0. The number of hydrogen-bond acceptors (Lipinski definition) is 5. The molecule has 0 fully saturated rings. The second-order valence-electron chi connectivity index (χ2n) is 3.07. The van der Waals surface area contributed by atoms with Crippen LogP contribution in [0.4, 0.5) is 11.7 Å². The predicted molar refractivity (Wildman–Crippen MR) is 59.4 cm³/mol. The van der Waals surface area contributed by atoms with Gasteiger partial charge in [0.2, 0.25) is 0 Å². The van der Waals surface area contributed by atoms with Crippen molar-refractivity contribution in [2.45, 2.75) is 0 Å². The van der Waals surface area contributed by atoms with E-state index in [9.17, 15) is 10.1 Å². The van der Waals surface area contributed by atoms with Crippen LogP contribution in [-0.2, 0) is 0 Å². The first-order chi connectivity index (χ1) is 7.72. The molecule has 16 heavy (non-hydrogen) atoms. The van der Waals surface area contributed by atoms with E-state index in [1.807, 2.05) is 0 Å². The second-order valence-corrected chi connectivity index (χ2v) is 3.07. The van der Waals surface area contributed by atoms with Crippen LogP contribution in [0.1, 0.15) is 0 Å². The molecule has 0 amide bonds. The van der Waals surface area contributed by atoms with Gasteiger partial charge in [0.05, 0.1) is 4.92 Å². The van der Waals surface area contributed by atoms with Gasteiger partial charge >= 0.3 is 0 Å². The van der Waals surface area contributed by atoms with E-state index in [0.29, 0.717) is 12.1 Å². The summed E-state index contributed by atoms with van der Waals surface area (Å²) in [5.41, 5.74) is 0.577. The van der Waals surface area contributed by atoms with Gasteiger partial charge in [-0.3, -0.25) is 10.1 Å². The molecule has 2 aromatic rings. The topological polar surface area (TPSA) is 81.2 Å². The number of aromatic nitrogens is 1. The number of rotatable bonds is 4. The van der Waals surface area contributed by atoms with Crippen LogP contribution in [0.5, 0.6) is 0 Å². The standard InChI is InChI=1S/C10H9N3O3/c1-2-6-11-10-12-9-7(13(14)15)4-3-5-8(9)16-10/h2-5H,1,6H2,(H,11,12). The van der Waals surface area contributed by atoms with Gasteiger partial charge in [-0.15, -0.1) is 6.58 Å². The molecule has 0 aliphatic rings. The number of non-ortho nitro benzene ring substituents is 1. The molecule has 82 valence electrons. The molecule has 0 unspecified atom stereocenters. The van der Waals surface area contributed by atoms with Crippen LogP contribution >= 0.6 is 0 Å². The molecule has 0 saturated carbocycles. The Morgan fingerprint density at radius 2 is 2.44 bits per heavy atom. The molecule has 1 aromatic carbocycles. The summed E-state index contributed by atoms with van der Waals surface area (Å²) in [5, 5.41) is 13.6. The lowest BCUT2D eigenvalue weighted by Gasteiger charge is -1.92. The van der Waals surface area contributed by atoms with E-state index in [0.717, 1.165) is 0 Å². The summed E-state index contributed by atoms with van der Waals surface area (Å²) in [6.45, 7) is 4.02. The summed E-state index contributed by atoms with van der Waals surface area (Å²) >= 11 is 0. The quantitative estimate of drug-likeness (QED) is 0.484. The number of oxazole rings is 1. The van der Waals surface area contributed by atoms with Crippen LogP contribution in [0, 0.1) is 10.1 Å². The Labute approximate surface area is 90.7 Å². The Hall–Kier alpha value is -2.37. The zero-order valence-electron chi connectivity index (χ0n) is 8.34. The molecule has 2 rings (SSSR count). The van der Waals surface area contributed by atoms with Crippen molar-refractivity contribution in [2.24, 2.45) is 0 Å². The maximum Gasteiger partial charge on any atom is 0.298 e. The number of para-hydroxylation sites is 1. The first kappa shape index (κ1) is 10.2. The van der Waals surface area contributed by atoms with Crippen molar-refractivity contribution >= 4 is 22.8 Å². The summed E-state index contributed by atoms with van der Waals surface area (Å²) in [6.07, 6.45) is 1.64. The second kappa shape index (κ2) is 4.01. The average Bonchev–Trinajstić information content (AvgIpc) is 2.68. The highest BCUT2D eigenvalue weighted by Crippen LogP contribution is 2.26. The molecule has 0 atom stereocenters. The summed E-state index contributed by atoms with van der Waals surface area (Å²) < 4.78 is 5.29. The number of hydrogen-bond donors (Lipinski definition) is 1. The third kappa shape index (κ3) is 1.72. The first-order valence-electron chi connectivity index (χ1n) is 4.61. The van der Waals surface area contributed by atoms with Crippen molar-refractivity contribution in [1.29, 1.82) is 0 Å². The van der Waals surface area contributed by atoms with Gasteiger partial charge < -0.3 is 9.73 Å². The van der Waals surface area contributed by atoms with Crippen molar-refractivity contribution in [3.05, 3.63) is 41.0 Å². The van der Waals surface area contributed by atoms with Crippen molar-refractivity contribution in [1.82, 2.24) is 4.98 Å². The van der Waals surface area contributed by atoms with Gasteiger partial charge in [0.1, 0.15) is 0 Å². The molecule has 0 aliphatic carbocycles. The molecule has 0 bridgehead atoms. The maximum absolute atomic E-state index is 10.7. The van der Waals surface area contributed by atoms with Crippen molar-refractivity contribution in [3.8, 4) is 0 Å². The number of nitro groups is 1. The predicted octanol–water partition coefficient (Wildman–Crippen LogP) is 2.33. The molecular weight excluding hydrogens is 210 g/mol. The lowest BCUT2D eigenvalue weighted by Crippen LogP contribution is -1.97. The largest absolute Gasteiger partial charge is 0.423 e. The fraction of sp³-hybridized carbons (Fsp3) is 0.100. The smallest absolute Gasteiger partial charge is 0.298 e. The van der Waals surface area contributed by atoms with Crippen molar-refractivity contribution in [3.63, 3.8) is 0 Å². The maximum atomic E-state index is 10.7. The highest BCUT2D eigenvalue weighted by atomic mass is 16.6.